The molecule has 1 aromatic rings. The first-order valence-corrected chi connectivity index (χ1v) is 9.51. The second-order valence-corrected chi connectivity index (χ2v) is 7.47. The zero-order valence-corrected chi connectivity index (χ0v) is 15.9. The van der Waals surface area contributed by atoms with E-state index in [0.717, 1.165) is 43.0 Å². The van der Waals surface area contributed by atoms with E-state index in [9.17, 15) is 9.59 Å². The minimum absolute atomic E-state index is 0.105. The van der Waals surface area contributed by atoms with Gasteiger partial charge in [-0.1, -0.05) is 13.8 Å². The number of aryl methyl sites for hydroxylation is 2. The van der Waals surface area contributed by atoms with E-state index < -0.39 is 0 Å². The van der Waals surface area contributed by atoms with Gasteiger partial charge in [0.2, 0.25) is 11.8 Å². The van der Waals surface area contributed by atoms with E-state index in [-0.39, 0.29) is 24.3 Å². The Morgan fingerprint density at radius 3 is 2.38 bits per heavy atom. The third-order valence-corrected chi connectivity index (χ3v) is 5.42. The Hall–Kier alpha value is -1.47. The number of nitrogens with one attached hydrogen (secondary N) is 1. The molecule has 0 radical (unpaired) electrons. The molecule has 1 N–H and O–H groups in total. The van der Waals surface area contributed by atoms with Crippen molar-refractivity contribution in [1.82, 2.24) is 14.8 Å². The van der Waals surface area contributed by atoms with E-state index in [1.165, 1.54) is 11.3 Å². The fraction of sp³-hybridized carbons (Fsp3) is 0.706. The van der Waals surface area contributed by atoms with E-state index in [2.05, 4.69) is 29.0 Å². The van der Waals surface area contributed by atoms with Crippen LogP contribution in [-0.4, -0.2) is 59.3 Å². The third-order valence-electron chi connectivity index (χ3n) is 4.43. The lowest BCUT2D eigenvalue weighted by Gasteiger charge is -2.26. The fourth-order valence-electron chi connectivity index (χ4n) is 2.52. The molecule has 0 saturated heterocycles. The van der Waals surface area contributed by atoms with Crippen LogP contribution in [0, 0.1) is 19.8 Å². The highest BCUT2D eigenvalue weighted by molar-refractivity contribution is 7.15. The van der Waals surface area contributed by atoms with Gasteiger partial charge in [-0.2, -0.15) is 0 Å². The lowest BCUT2D eigenvalue weighted by molar-refractivity contribution is -0.136. The topological polar surface area (TPSA) is 65.5 Å². The number of hydrogen-bond acceptors (Lipinski definition) is 5. The number of likely N-dealkylation sites (N-methyl/N-ethyl adjacent to an activating group) is 1. The average molecular weight is 353 g/mol. The normalized spacial score (nSPS) is 14.0. The lowest BCUT2D eigenvalue weighted by atomic mass is 10.3. The molecule has 0 unspecified atom stereocenters. The number of carbonyl (C=O) groups excluding carboxylic acids is 2. The minimum Gasteiger partial charge on any atom is -0.332 e. The molecular weight excluding hydrogens is 324 g/mol. The number of aromatic nitrogens is 1. The van der Waals surface area contributed by atoms with Crippen molar-refractivity contribution in [2.24, 2.45) is 5.92 Å². The van der Waals surface area contributed by atoms with Crippen molar-refractivity contribution in [3.63, 3.8) is 0 Å². The van der Waals surface area contributed by atoms with E-state index in [1.54, 1.807) is 4.90 Å². The van der Waals surface area contributed by atoms with Gasteiger partial charge in [0.1, 0.15) is 0 Å². The molecule has 1 fully saturated rings. The largest absolute Gasteiger partial charge is 0.332 e. The van der Waals surface area contributed by atoms with Crippen LogP contribution in [0.3, 0.4) is 0 Å². The van der Waals surface area contributed by atoms with Gasteiger partial charge < -0.3 is 15.1 Å². The molecule has 2 amide bonds. The van der Waals surface area contributed by atoms with Crippen molar-refractivity contribution in [3.8, 4) is 0 Å². The molecule has 0 atom stereocenters. The highest BCUT2D eigenvalue weighted by Gasteiger charge is 2.34. The molecular formula is C17H28N4O2S. The highest BCUT2D eigenvalue weighted by atomic mass is 32.1. The van der Waals surface area contributed by atoms with Gasteiger partial charge in [0, 0.05) is 23.9 Å². The zero-order valence-electron chi connectivity index (χ0n) is 15.1. The average Bonchev–Trinajstić information content (AvgIpc) is 3.33. The quantitative estimate of drug-likeness (QED) is 0.740. The first-order chi connectivity index (χ1) is 11.4. The first-order valence-electron chi connectivity index (χ1n) is 8.69. The Morgan fingerprint density at radius 2 is 1.88 bits per heavy atom. The number of thiazole rings is 1. The Balaban J connectivity index is 1.93. The Morgan fingerprint density at radius 1 is 1.21 bits per heavy atom. The molecule has 2 rings (SSSR count). The standard InChI is InChI=1S/C17H28N4O2S/c1-5-20(6-2)9-10-21(16(23)14-7-8-14)11-15(22)19-17-18-12(3)13(4)24-17/h14H,5-11H2,1-4H3,(H,18,19,22). The number of rotatable bonds is 9. The monoisotopic (exact) mass is 352 g/mol. The van der Waals surface area contributed by atoms with Crippen molar-refractivity contribution in [3.05, 3.63) is 10.6 Å². The fourth-order valence-corrected chi connectivity index (χ4v) is 3.35. The van der Waals surface area contributed by atoms with Crippen LogP contribution in [0.5, 0.6) is 0 Å². The molecule has 7 heteroatoms. The summed E-state index contributed by atoms with van der Waals surface area (Å²) in [4.78, 5) is 34.2. The van der Waals surface area contributed by atoms with Gasteiger partial charge in [-0.25, -0.2) is 4.98 Å². The second kappa shape index (κ2) is 8.58. The van der Waals surface area contributed by atoms with Gasteiger partial charge in [-0.3, -0.25) is 9.59 Å². The van der Waals surface area contributed by atoms with Crippen molar-refractivity contribution in [2.75, 3.05) is 38.0 Å². The molecule has 0 bridgehead atoms. The third kappa shape index (κ3) is 5.27. The summed E-state index contributed by atoms with van der Waals surface area (Å²) < 4.78 is 0. The van der Waals surface area contributed by atoms with Crippen LogP contribution < -0.4 is 5.32 Å². The lowest BCUT2D eigenvalue weighted by Crippen LogP contribution is -2.43. The van der Waals surface area contributed by atoms with Gasteiger partial charge in [-0.05, 0) is 39.8 Å². The number of nitrogens with zero attached hydrogens (tertiary/aromatic N) is 3. The van der Waals surface area contributed by atoms with E-state index in [1.807, 2.05) is 13.8 Å². The van der Waals surface area contributed by atoms with Crippen LogP contribution in [0.4, 0.5) is 5.13 Å². The van der Waals surface area contributed by atoms with Crippen molar-refractivity contribution < 1.29 is 9.59 Å². The minimum atomic E-state index is -0.169. The Kier molecular flexibility index (Phi) is 6.74. The maximum atomic E-state index is 12.5. The van der Waals surface area contributed by atoms with E-state index in [0.29, 0.717) is 11.7 Å². The molecule has 24 heavy (non-hydrogen) atoms. The number of anilines is 1. The van der Waals surface area contributed by atoms with Crippen LogP contribution in [0.25, 0.3) is 0 Å². The molecule has 1 aromatic heterocycles. The molecule has 0 aromatic carbocycles. The summed E-state index contributed by atoms with van der Waals surface area (Å²) in [5.74, 6) is 0.0694. The number of hydrogen-bond donors (Lipinski definition) is 1. The summed E-state index contributed by atoms with van der Waals surface area (Å²) in [6.07, 6.45) is 1.90. The zero-order chi connectivity index (χ0) is 17.7. The molecule has 0 aliphatic heterocycles. The second-order valence-electron chi connectivity index (χ2n) is 6.27. The maximum absolute atomic E-state index is 12.5. The summed E-state index contributed by atoms with van der Waals surface area (Å²) in [6, 6.07) is 0. The maximum Gasteiger partial charge on any atom is 0.245 e. The van der Waals surface area contributed by atoms with Crippen molar-refractivity contribution in [2.45, 2.75) is 40.5 Å². The summed E-state index contributed by atoms with van der Waals surface area (Å²) in [6.45, 7) is 11.5. The summed E-state index contributed by atoms with van der Waals surface area (Å²) in [5, 5.41) is 3.43. The van der Waals surface area contributed by atoms with Crippen LogP contribution in [0.15, 0.2) is 0 Å². The molecule has 1 saturated carbocycles. The van der Waals surface area contributed by atoms with Gasteiger partial charge in [0.25, 0.3) is 0 Å². The van der Waals surface area contributed by atoms with Gasteiger partial charge in [0.15, 0.2) is 5.13 Å². The molecule has 6 nitrogen and oxygen atoms in total. The first kappa shape index (κ1) is 18.9. The predicted molar refractivity (Wildman–Crippen MR) is 97.3 cm³/mol. The van der Waals surface area contributed by atoms with Gasteiger partial charge in [-0.15, -0.1) is 11.3 Å². The molecule has 1 aliphatic carbocycles. The van der Waals surface area contributed by atoms with Crippen molar-refractivity contribution >= 4 is 28.3 Å². The Labute approximate surface area is 148 Å². The smallest absolute Gasteiger partial charge is 0.245 e. The van der Waals surface area contributed by atoms with Gasteiger partial charge >= 0.3 is 0 Å². The SMILES string of the molecule is CCN(CC)CCN(CC(=O)Nc1nc(C)c(C)s1)C(=O)C1CC1. The van der Waals surface area contributed by atoms with Crippen LogP contribution in [-0.2, 0) is 9.59 Å². The van der Waals surface area contributed by atoms with Crippen LogP contribution in [0.2, 0.25) is 0 Å². The predicted octanol–water partition coefficient (Wildman–Crippen LogP) is 2.28. The summed E-state index contributed by atoms with van der Waals surface area (Å²) in [7, 11) is 0. The highest BCUT2D eigenvalue weighted by Crippen LogP contribution is 2.31. The van der Waals surface area contributed by atoms with E-state index >= 15 is 0 Å². The van der Waals surface area contributed by atoms with Crippen molar-refractivity contribution in [1.29, 1.82) is 0 Å². The number of amides is 2. The molecule has 1 aliphatic rings. The number of carbonyl (C=O) groups is 2. The van der Waals surface area contributed by atoms with Gasteiger partial charge in [0.05, 0.1) is 12.2 Å². The summed E-state index contributed by atoms with van der Waals surface area (Å²) >= 11 is 1.47. The molecule has 1 heterocycles. The Bertz CT molecular complexity index is 560. The molecule has 0 spiro atoms. The molecule has 134 valence electrons. The summed E-state index contributed by atoms with van der Waals surface area (Å²) in [5.41, 5.74) is 0.933. The van der Waals surface area contributed by atoms with Crippen LogP contribution >= 0.6 is 11.3 Å². The van der Waals surface area contributed by atoms with E-state index in [4.69, 9.17) is 0 Å². The van der Waals surface area contributed by atoms with Crippen LogP contribution in [0.1, 0.15) is 37.3 Å².